The van der Waals surface area contributed by atoms with E-state index in [-0.39, 0.29) is 0 Å². The van der Waals surface area contributed by atoms with E-state index in [1.165, 1.54) is 44.2 Å². The largest absolute Gasteiger partial charge is 0.311 e. The first-order valence-electron chi connectivity index (χ1n) is 8.17. The zero-order valence-corrected chi connectivity index (χ0v) is 12.9. The van der Waals surface area contributed by atoms with Gasteiger partial charge in [0.05, 0.1) is 6.20 Å². The molecule has 2 aliphatic rings. The molecule has 1 aliphatic heterocycles. The number of aromatic nitrogens is 2. The summed E-state index contributed by atoms with van der Waals surface area (Å²) in [5.74, 6) is 0.896. The van der Waals surface area contributed by atoms with Crippen molar-refractivity contribution in [2.45, 2.75) is 57.7 Å². The van der Waals surface area contributed by atoms with Crippen LogP contribution in [0.5, 0.6) is 0 Å². The van der Waals surface area contributed by atoms with Gasteiger partial charge in [-0.2, -0.15) is 5.10 Å². The molecule has 1 aliphatic carbocycles. The van der Waals surface area contributed by atoms with Crippen LogP contribution in [0.15, 0.2) is 12.4 Å². The normalized spacial score (nSPS) is 29.7. The van der Waals surface area contributed by atoms with E-state index in [1.807, 2.05) is 17.9 Å². The average Bonchev–Trinajstić information content (AvgIpc) is 2.88. The van der Waals surface area contributed by atoms with Crippen LogP contribution in [0.25, 0.3) is 0 Å². The van der Waals surface area contributed by atoms with Crippen molar-refractivity contribution in [3.8, 4) is 0 Å². The average molecular weight is 276 g/mol. The van der Waals surface area contributed by atoms with Gasteiger partial charge in [0.25, 0.3) is 0 Å². The predicted molar refractivity (Wildman–Crippen MR) is 81.4 cm³/mol. The van der Waals surface area contributed by atoms with Gasteiger partial charge in [0.2, 0.25) is 0 Å². The predicted octanol–water partition coefficient (Wildman–Crippen LogP) is 2.16. The molecule has 0 amide bonds. The molecule has 1 saturated heterocycles. The summed E-state index contributed by atoms with van der Waals surface area (Å²) in [5, 5.41) is 8.09. The topological polar surface area (TPSA) is 33.1 Å². The quantitative estimate of drug-likeness (QED) is 0.918. The van der Waals surface area contributed by atoms with Gasteiger partial charge in [-0.05, 0) is 25.7 Å². The minimum Gasteiger partial charge on any atom is -0.311 e. The lowest BCUT2D eigenvalue weighted by Crippen LogP contribution is -2.57. The minimum atomic E-state index is 0.620. The fourth-order valence-corrected chi connectivity index (χ4v) is 3.81. The summed E-state index contributed by atoms with van der Waals surface area (Å²) in [6.45, 7) is 5.70. The van der Waals surface area contributed by atoms with E-state index < -0.39 is 0 Å². The Hall–Kier alpha value is -0.870. The SMILES string of the molecule is CC1CNC(C2CCCCC2)CN1Cc1cnn(C)c1. The maximum absolute atomic E-state index is 4.29. The molecule has 0 spiro atoms. The molecule has 2 heterocycles. The number of rotatable bonds is 3. The second-order valence-electron chi connectivity index (χ2n) is 6.71. The van der Waals surface area contributed by atoms with Gasteiger partial charge in [-0.25, -0.2) is 0 Å². The standard InChI is InChI=1S/C16H28N4/c1-13-8-17-16(15-6-4-3-5-7-15)12-20(13)11-14-9-18-19(2)10-14/h9-10,13,15-17H,3-8,11-12H2,1-2H3. The van der Waals surface area contributed by atoms with E-state index in [2.05, 4.69) is 28.4 Å². The molecule has 3 rings (SSSR count). The van der Waals surface area contributed by atoms with Crippen LogP contribution >= 0.6 is 0 Å². The number of nitrogens with zero attached hydrogens (tertiary/aromatic N) is 3. The molecule has 0 aromatic carbocycles. The van der Waals surface area contributed by atoms with Crippen LogP contribution in [-0.2, 0) is 13.6 Å². The maximum atomic E-state index is 4.29. The first-order valence-corrected chi connectivity index (χ1v) is 8.17. The van der Waals surface area contributed by atoms with Gasteiger partial charge in [0.1, 0.15) is 0 Å². The Morgan fingerprint density at radius 2 is 2.10 bits per heavy atom. The van der Waals surface area contributed by atoms with Gasteiger partial charge in [0.15, 0.2) is 0 Å². The highest BCUT2D eigenvalue weighted by atomic mass is 15.3. The molecule has 1 saturated carbocycles. The number of aryl methyl sites for hydroxylation is 1. The Balaban J connectivity index is 1.60. The molecule has 20 heavy (non-hydrogen) atoms. The summed E-state index contributed by atoms with van der Waals surface area (Å²) in [7, 11) is 2.00. The van der Waals surface area contributed by atoms with E-state index in [4.69, 9.17) is 0 Å². The van der Waals surface area contributed by atoms with Crippen molar-refractivity contribution in [3.63, 3.8) is 0 Å². The van der Waals surface area contributed by atoms with E-state index in [1.54, 1.807) is 0 Å². The summed E-state index contributed by atoms with van der Waals surface area (Å²) in [6, 6.07) is 1.32. The summed E-state index contributed by atoms with van der Waals surface area (Å²) < 4.78 is 1.90. The van der Waals surface area contributed by atoms with Crippen molar-refractivity contribution in [1.82, 2.24) is 20.0 Å². The lowest BCUT2D eigenvalue weighted by molar-refractivity contribution is 0.0981. The van der Waals surface area contributed by atoms with Crippen molar-refractivity contribution in [2.75, 3.05) is 13.1 Å². The summed E-state index contributed by atoms with van der Waals surface area (Å²) in [4.78, 5) is 2.63. The fourth-order valence-electron chi connectivity index (χ4n) is 3.81. The molecule has 0 bridgehead atoms. The first-order chi connectivity index (χ1) is 9.72. The van der Waals surface area contributed by atoms with Crippen LogP contribution in [-0.4, -0.2) is 39.9 Å². The zero-order valence-electron chi connectivity index (χ0n) is 12.9. The van der Waals surface area contributed by atoms with Crippen molar-refractivity contribution >= 4 is 0 Å². The summed E-state index contributed by atoms with van der Waals surface area (Å²) >= 11 is 0. The highest BCUT2D eigenvalue weighted by Crippen LogP contribution is 2.28. The van der Waals surface area contributed by atoms with Gasteiger partial charge in [0, 0.05) is 50.5 Å². The summed E-state index contributed by atoms with van der Waals surface area (Å²) in [6.07, 6.45) is 11.3. The van der Waals surface area contributed by atoms with Gasteiger partial charge in [-0.15, -0.1) is 0 Å². The highest BCUT2D eigenvalue weighted by Gasteiger charge is 2.31. The third-order valence-corrected chi connectivity index (χ3v) is 5.09. The smallest absolute Gasteiger partial charge is 0.0534 e. The van der Waals surface area contributed by atoms with Crippen LogP contribution in [0, 0.1) is 5.92 Å². The first kappa shape index (κ1) is 14.1. The highest BCUT2D eigenvalue weighted by molar-refractivity contribution is 5.04. The van der Waals surface area contributed by atoms with Crippen LogP contribution in [0.4, 0.5) is 0 Å². The second-order valence-corrected chi connectivity index (χ2v) is 6.71. The molecular formula is C16H28N4. The van der Waals surface area contributed by atoms with E-state index >= 15 is 0 Å². The number of hydrogen-bond acceptors (Lipinski definition) is 3. The van der Waals surface area contributed by atoms with Crippen molar-refractivity contribution < 1.29 is 0 Å². The monoisotopic (exact) mass is 276 g/mol. The molecular weight excluding hydrogens is 248 g/mol. The molecule has 4 heteroatoms. The van der Waals surface area contributed by atoms with Crippen LogP contribution in [0.3, 0.4) is 0 Å². The minimum absolute atomic E-state index is 0.620. The van der Waals surface area contributed by atoms with Gasteiger partial charge >= 0.3 is 0 Å². The fraction of sp³-hybridized carbons (Fsp3) is 0.812. The molecule has 4 nitrogen and oxygen atoms in total. The second kappa shape index (κ2) is 6.27. The van der Waals surface area contributed by atoms with Crippen molar-refractivity contribution in [3.05, 3.63) is 18.0 Å². The van der Waals surface area contributed by atoms with Gasteiger partial charge in [-0.1, -0.05) is 19.3 Å². The van der Waals surface area contributed by atoms with Crippen LogP contribution in [0.2, 0.25) is 0 Å². The molecule has 112 valence electrons. The lowest BCUT2D eigenvalue weighted by atomic mass is 9.82. The number of piperazine rings is 1. The Kier molecular flexibility index (Phi) is 4.41. The molecule has 1 aromatic rings. The number of nitrogens with one attached hydrogen (secondary N) is 1. The van der Waals surface area contributed by atoms with Gasteiger partial charge < -0.3 is 5.32 Å². The molecule has 1 N–H and O–H groups in total. The van der Waals surface area contributed by atoms with Crippen molar-refractivity contribution in [1.29, 1.82) is 0 Å². The Morgan fingerprint density at radius 1 is 1.30 bits per heavy atom. The van der Waals surface area contributed by atoms with E-state index in [0.29, 0.717) is 12.1 Å². The van der Waals surface area contributed by atoms with E-state index in [9.17, 15) is 0 Å². The molecule has 0 radical (unpaired) electrons. The third-order valence-electron chi connectivity index (χ3n) is 5.09. The molecule has 2 unspecified atom stereocenters. The Bertz CT molecular complexity index is 422. The number of hydrogen-bond donors (Lipinski definition) is 1. The Morgan fingerprint density at radius 3 is 2.80 bits per heavy atom. The lowest BCUT2D eigenvalue weighted by Gasteiger charge is -2.42. The maximum Gasteiger partial charge on any atom is 0.0534 e. The van der Waals surface area contributed by atoms with Gasteiger partial charge in [-0.3, -0.25) is 9.58 Å². The van der Waals surface area contributed by atoms with Crippen molar-refractivity contribution in [2.24, 2.45) is 13.0 Å². The third kappa shape index (κ3) is 3.23. The molecule has 1 aromatic heterocycles. The van der Waals surface area contributed by atoms with Crippen LogP contribution in [0.1, 0.15) is 44.6 Å². The zero-order chi connectivity index (χ0) is 13.9. The van der Waals surface area contributed by atoms with Crippen LogP contribution < -0.4 is 5.32 Å². The Labute approximate surface area is 122 Å². The van der Waals surface area contributed by atoms with E-state index in [0.717, 1.165) is 19.0 Å². The molecule has 2 atom stereocenters. The molecule has 2 fully saturated rings. The summed E-state index contributed by atoms with van der Waals surface area (Å²) in [5.41, 5.74) is 1.34.